The van der Waals surface area contributed by atoms with Crippen molar-refractivity contribution in [2.45, 2.75) is 25.6 Å². The topological polar surface area (TPSA) is 35.5 Å². The van der Waals surface area contributed by atoms with Crippen molar-refractivity contribution in [1.82, 2.24) is 0 Å². The second kappa shape index (κ2) is 9.10. The van der Waals surface area contributed by atoms with Crippen molar-refractivity contribution in [3.63, 3.8) is 0 Å². The smallest absolute Gasteiger partial charge is 0.419 e. The Hall–Kier alpha value is -2.22. The molecule has 0 aliphatic rings. The molecular weight excluding hydrogens is 483 g/mol. The van der Waals surface area contributed by atoms with Crippen molar-refractivity contribution < 1.29 is 31.8 Å². The number of benzene rings is 3. The predicted molar refractivity (Wildman–Crippen MR) is 111 cm³/mol. The van der Waals surface area contributed by atoms with Crippen LogP contribution in [0.2, 0.25) is 10.0 Å². The van der Waals surface area contributed by atoms with Gasteiger partial charge in [-0.2, -0.15) is 13.2 Å². The van der Waals surface area contributed by atoms with Gasteiger partial charge >= 0.3 is 6.18 Å². The van der Waals surface area contributed by atoms with E-state index >= 15 is 0 Å². The highest BCUT2D eigenvalue weighted by atomic mass is 35.5. The zero-order valence-corrected chi connectivity index (χ0v) is 18.0. The van der Waals surface area contributed by atoms with E-state index in [1.54, 1.807) is 37.3 Å². The summed E-state index contributed by atoms with van der Waals surface area (Å²) in [5.74, 6) is -1.69. The first kappa shape index (κ1) is 23.4. The Bertz CT molecular complexity index is 1150. The zero-order valence-electron chi connectivity index (χ0n) is 15.7. The van der Waals surface area contributed by atoms with Gasteiger partial charge in [-0.15, -0.1) is 0 Å². The third kappa shape index (κ3) is 4.84. The molecule has 0 aliphatic carbocycles. The molecule has 0 aliphatic heterocycles. The van der Waals surface area contributed by atoms with Gasteiger partial charge < -0.3 is 9.47 Å². The lowest BCUT2D eigenvalue weighted by molar-refractivity contribution is -0.140. The molecule has 0 saturated heterocycles. The third-order valence-corrected chi connectivity index (χ3v) is 5.23. The number of halogens is 7. The number of hydrogen-bond acceptors (Lipinski definition) is 3. The molecule has 0 bridgehead atoms. The van der Waals surface area contributed by atoms with Crippen LogP contribution in [-0.4, -0.2) is 11.3 Å². The van der Waals surface area contributed by atoms with E-state index in [9.17, 15) is 22.4 Å². The van der Waals surface area contributed by atoms with Crippen LogP contribution in [0.5, 0.6) is 17.2 Å². The summed E-state index contributed by atoms with van der Waals surface area (Å²) in [5.41, 5.74) is -1.60. The second-order valence-corrected chi connectivity index (χ2v) is 7.55. The van der Waals surface area contributed by atoms with Crippen molar-refractivity contribution in [1.29, 1.82) is 0 Å². The molecule has 164 valence electrons. The molecule has 3 aromatic rings. The molecule has 0 saturated carbocycles. The van der Waals surface area contributed by atoms with Crippen LogP contribution >= 0.6 is 34.8 Å². The summed E-state index contributed by atoms with van der Waals surface area (Å²) in [5, 5.41) is -1.09. The maximum absolute atomic E-state index is 14.2. The number of rotatable bonds is 6. The Morgan fingerprint density at radius 3 is 2.19 bits per heavy atom. The first-order valence-electron chi connectivity index (χ1n) is 8.84. The molecule has 3 aromatic carbocycles. The van der Waals surface area contributed by atoms with Gasteiger partial charge in [0.1, 0.15) is 16.5 Å². The van der Waals surface area contributed by atoms with Crippen LogP contribution < -0.4 is 9.47 Å². The van der Waals surface area contributed by atoms with Crippen molar-refractivity contribution in [2.75, 3.05) is 0 Å². The van der Waals surface area contributed by atoms with Gasteiger partial charge in [-0.25, -0.2) is 4.39 Å². The average molecular weight is 496 g/mol. The highest BCUT2D eigenvalue weighted by Gasteiger charge is 2.37. The van der Waals surface area contributed by atoms with E-state index in [4.69, 9.17) is 44.3 Å². The summed E-state index contributed by atoms with van der Waals surface area (Å²) < 4.78 is 64.4. The summed E-state index contributed by atoms with van der Waals surface area (Å²) in [6, 6.07) is 10.0. The Labute approximate surface area is 189 Å². The fourth-order valence-corrected chi connectivity index (χ4v) is 3.61. The SMILES string of the molecule is CCC(Oc1cccc2c(Oc3c(Cl)cc(C(F)(F)F)c(F)c3Cl)cccc12)C(=O)Cl. The maximum Gasteiger partial charge on any atom is 0.419 e. The van der Waals surface area contributed by atoms with Gasteiger partial charge in [-0.1, -0.05) is 54.4 Å². The summed E-state index contributed by atoms with van der Waals surface area (Å²) in [6.45, 7) is 1.73. The summed E-state index contributed by atoms with van der Waals surface area (Å²) in [6.07, 6.45) is -5.51. The molecule has 1 unspecified atom stereocenters. The van der Waals surface area contributed by atoms with Crippen LogP contribution in [0.4, 0.5) is 17.6 Å². The summed E-state index contributed by atoms with van der Waals surface area (Å²) in [4.78, 5) is 11.5. The van der Waals surface area contributed by atoms with Crippen molar-refractivity contribution in [2.24, 2.45) is 0 Å². The Morgan fingerprint density at radius 1 is 1.06 bits per heavy atom. The van der Waals surface area contributed by atoms with E-state index < -0.39 is 44.7 Å². The first-order chi connectivity index (χ1) is 14.5. The van der Waals surface area contributed by atoms with Gasteiger partial charge in [0.15, 0.2) is 17.7 Å². The van der Waals surface area contributed by atoms with E-state index in [1.165, 1.54) is 6.07 Å². The number of carbonyl (C=O) groups excluding carboxylic acids is 1. The molecule has 0 aromatic heterocycles. The third-order valence-electron chi connectivity index (χ3n) is 4.37. The van der Waals surface area contributed by atoms with E-state index in [2.05, 4.69) is 0 Å². The monoisotopic (exact) mass is 494 g/mol. The molecular formula is C21H13Cl3F4O3. The number of fused-ring (bicyclic) bond motifs is 1. The lowest BCUT2D eigenvalue weighted by Gasteiger charge is -2.18. The van der Waals surface area contributed by atoms with Crippen LogP contribution in [-0.2, 0) is 11.0 Å². The maximum atomic E-state index is 14.2. The van der Waals surface area contributed by atoms with Gasteiger partial charge in [-0.05, 0) is 36.2 Å². The highest BCUT2D eigenvalue weighted by molar-refractivity contribution is 6.64. The van der Waals surface area contributed by atoms with Gasteiger partial charge in [0.25, 0.3) is 5.24 Å². The van der Waals surface area contributed by atoms with Crippen LogP contribution in [0, 0.1) is 5.82 Å². The molecule has 3 nitrogen and oxygen atoms in total. The molecule has 0 amide bonds. The van der Waals surface area contributed by atoms with Gasteiger partial charge in [-0.3, -0.25) is 4.79 Å². The Kier molecular flexibility index (Phi) is 6.88. The van der Waals surface area contributed by atoms with Crippen molar-refractivity contribution in [3.8, 4) is 17.2 Å². The Balaban J connectivity index is 2.07. The van der Waals surface area contributed by atoms with Crippen molar-refractivity contribution >= 4 is 50.8 Å². The number of hydrogen-bond donors (Lipinski definition) is 0. The molecule has 0 fully saturated rings. The Morgan fingerprint density at radius 2 is 1.65 bits per heavy atom. The van der Waals surface area contributed by atoms with Crippen LogP contribution in [0.25, 0.3) is 10.8 Å². The molecule has 0 radical (unpaired) electrons. The minimum absolute atomic E-state index is 0.135. The van der Waals surface area contributed by atoms with Gasteiger partial charge in [0, 0.05) is 10.8 Å². The number of ether oxygens (including phenoxy) is 2. The summed E-state index contributed by atoms with van der Waals surface area (Å²) >= 11 is 17.3. The predicted octanol–water partition coefficient (Wildman–Crippen LogP) is 8.02. The summed E-state index contributed by atoms with van der Waals surface area (Å²) in [7, 11) is 0. The van der Waals surface area contributed by atoms with Crippen LogP contribution in [0.3, 0.4) is 0 Å². The minimum Gasteiger partial charge on any atom is -0.481 e. The lowest BCUT2D eigenvalue weighted by Crippen LogP contribution is -2.22. The minimum atomic E-state index is -4.97. The van der Waals surface area contributed by atoms with Gasteiger partial charge in [0.05, 0.1) is 10.6 Å². The van der Waals surface area contributed by atoms with E-state index in [-0.39, 0.29) is 5.75 Å². The van der Waals surface area contributed by atoms with Crippen LogP contribution in [0.15, 0.2) is 42.5 Å². The zero-order chi connectivity index (χ0) is 22.9. The lowest BCUT2D eigenvalue weighted by atomic mass is 10.1. The van der Waals surface area contributed by atoms with Gasteiger partial charge in [0.2, 0.25) is 0 Å². The largest absolute Gasteiger partial charge is 0.481 e. The molecule has 0 N–H and O–H groups in total. The molecule has 1 atom stereocenters. The first-order valence-corrected chi connectivity index (χ1v) is 9.98. The normalized spacial score (nSPS) is 12.6. The highest BCUT2D eigenvalue weighted by Crippen LogP contribution is 2.45. The number of alkyl halides is 3. The molecule has 10 heteroatoms. The standard InChI is InChI=1S/C21H13Cl3F4O3/c1-2-14(20(24)29)30-15-7-3-6-11-10(15)5-4-8-16(11)31-19-13(22)9-12(21(26,27)28)18(25)17(19)23/h3-9,14H,2H2,1H3. The van der Waals surface area contributed by atoms with Crippen molar-refractivity contribution in [3.05, 3.63) is 63.9 Å². The average Bonchev–Trinajstić information content (AvgIpc) is 2.71. The fourth-order valence-electron chi connectivity index (χ4n) is 2.88. The van der Waals surface area contributed by atoms with E-state index in [0.717, 1.165) is 0 Å². The quantitative estimate of drug-likeness (QED) is 0.197. The molecule has 0 spiro atoms. The van der Waals surface area contributed by atoms with Crippen LogP contribution in [0.1, 0.15) is 18.9 Å². The fraction of sp³-hybridized carbons (Fsp3) is 0.190. The molecule has 31 heavy (non-hydrogen) atoms. The molecule has 0 heterocycles. The second-order valence-electron chi connectivity index (χ2n) is 6.39. The molecule has 3 rings (SSSR count). The van der Waals surface area contributed by atoms with E-state index in [0.29, 0.717) is 29.0 Å². The number of carbonyl (C=O) groups is 1. The van der Waals surface area contributed by atoms with E-state index in [1.807, 2.05) is 0 Å².